The van der Waals surface area contributed by atoms with Crippen LogP contribution in [0.25, 0.3) is 22.2 Å². The Kier molecular flexibility index (Phi) is 10.8. The van der Waals surface area contributed by atoms with Crippen molar-refractivity contribution in [3.63, 3.8) is 0 Å². The van der Waals surface area contributed by atoms with Crippen LogP contribution in [-0.2, 0) is 13.2 Å². The number of unbranched alkanes of at least 4 members (excludes halogenated alkanes) is 3. The Morgan fingerprint density at radius 2 is 1.82 bits per heavy atom. The summed E-state index contributed by atoms with van der Waals surface area (Å²) in [6, 6.07) is 21.6. The largest absolute Gasteiger partial charge is 0.487 e. The van der Waals surface area contributed by atoms with E-state index in [2.05, 4.69) is 25.6 Å². The monoisotopic (exact) mass is 614 g/mol. The number of amidine groups is 1. The first-order valence-electron chi connectivity index (χ1n) is 14.7. The van der Waals surface area contributed by atoms with Gasteiger partial charge < -0.3 is 25.5 Å². The van der Waals surface area contributed by atoms with Crippen LogP contribution < -0.4 is 21.1 Å². The zero-order valence-electron chi connectivity index (χ0n) is 24.7. The number of halogens is 2. The number of rotatable bonds is 15. The fourth-order valence-electron chi connectivity index (χ4n) is 4.74. The molecule has 4 N–H and O–H groups in total. The van der Waals surface area contributed by atoms with E-state index in [1.54, 1.807) is 31.3 Å². The van der Waals surface area contributed by atoms with Gasteiger partial charge in [0.1, 0.15) is 41.8 Å². The molecule has 10 heteroatoms. The van der Waals surface area contributed by atoms with Crippen molar-refractivity contribution < 1.29 is 13.5 Å². The summed E-state index contributed by atoms with van der Waals surface area (Å²) in [5.41, 5.74) is 9.07. The van der Waals surface area contributed by atoms with Gasteiger partial charge in [-0.2, -0.15) is 0 Å². The Morgan fingerprint density at radius 3 is 2.64 bits per heavy atom. The molecule has 0 unspecified atom stereocenters. The molecule has 5 rings (SSSR count). The van der Waals surface area contributed by atoms with Gasteiger partial charge in [0.25, 0.3) is 0 Å². The topological polar surface area (TPSA) is 111 Å². The van der Waals surface area contributed by atoms with Gasteiger partial charge in [-0.3, -0.25) is 4.99 Å². The van der Waals surface area contributed by atoms with Crippen molar-refractivity contribution in [1.82, 2.24) is 15.3 Å². The van der Waals surface area contributed by atoms with Crippen molar-refractivity contribution in [3.8, 4) is 17.1 Å². The molecule has 228 valence electrons. The first-order valence-corrected chi connectivity index (χ1v) is 15.1. The van der Waals surface area contributed by atoms with Crippen LogP contribution in [0.5, 0.6) is 5.75 Å². The minimum atomic E-state index is -0.286. The lowest BCUT2D eigenvalue weighted by molar-refractivity contribution is 0.306. The number of nitrogens with zero attached hydrogens (tertiary/aromatic N) is 3. The molecule has 0 radical (unpaired) electrons. The molecule has 5 aromatic rings. The zero-order chi connectivity index (χ0) is 30.7. The second kappa shape index (κ2) is 15.3. The third kappa shape index (κ3) is 8.55. The highest BCUT2D eigenvalue weighted by atomic mass is 35.5. The number of furan rings is 1. The lowest BCUT2D eigenvalue weighted by Crippen LogP contribution is -2.14. The zero-order valence-corrected chi connectivity index (χ0v) is 25.4. The number of anilines is 2. The van der Waals surface area contributed by atoms with Crippen LogP contribution in [0, 0.1) is 5.82 Å². The Labute approximate surface area is 261 Å². The van der Waals surface area contributed by atoms with Crippen molar-refractivity contribution in [1.29, 1.82) is 0 Å². The summed E-state index contributed by atoms with van der Waals surface area (Å²) < 4.78 is 25.2. The fraction of sp³-hybridized carbons (Fsp3) is 0.265. The van der Waals surface area contributed by atoms with Gasteiger partial charge in [-0.25, -0.2) is 14.4 Å². The highest BCUT2D eigenvalue weighted by Crippen LogP contribution is 2.33. The smallest absolute Gasteiger partial charge is 0.141 e. The molecule has 3 aromatic carbocycles. The Morgan fingerprint density at radius 1 is 0.977 bits per heavy atom. The summed E-state index contributed by atoms with van der Waals surface area (Å²) >= 11 is 6.52. The van der Waals surface area contributed by atoms with Gasteiger partial charge in [0.15, 0.2) is 0 Å². The van der Waals surface area contributed by atoms with Crippen LogP contribution in [0.4, 0.5) is 15.9 Å². The highest BCUT2D eigenvalue weighted by Gasteiger charge is 2.11. The number of nitrogens with two attached hydrogens (primary N) is 1. The van der Waals surface area contributed by atoms with Gasteiger partial charge in [-0.15, -0.1) is 0 Å². The first-order chi connectivity index (χ1) is 21.5. The maximum absolute atomic E-state index is 13.2. The van der Waals surface area contributed by atoms with E-state index in [-0.39, 0.29) is 12.4 Å². The van der Waals surface area contributed by atoms with Crippen molar-refractivity contribution >= 4 is 39.8 Å². The van der Waals surface area contributed by atoms with E-state index in [9.17, 15) is 4.39 Å². The summed E-state index contributed by atoms with van der Waals surface area (Å²) in [4.78, 5) is 12.9. The SMILES string of the molecule is CN=C(N)CCCCCCNCc1ccc(-c2ccc3ncnc(Nc4ccc(OCc5ccc(F)cc5)c(Cl)c4)c3c2)o1. The summed E-state index contributed by atoms with van der Waals surface area (Å²) in [5, 5.41) is 8.11. The second-order valence-electron chi connectivity index (χ2n) is 10.5. The number of hydrogen-bond donors (Lipinski definition) is 3. The molecule has 2 heterocycles. The van der Waals surface area contributed by atoms with E-state index in [0.29, 0.717) is 23.1 Å². The average Bonchev–Trinajstić information content (AvgIpc) is 3.51. The van der Waals surface area contributed by atoms with Crippen molar-refractivity contribution in [2.45, 2.75) is 45.3 Å². The van der Waals surface area contributed by atoms with Gasteiger partial charge in [0.2, 0.25) is 0 Å². The molecule has 0 atom stereocenters. The Bertz CT molecular complexity index is 1710. The van der Waals surface area contributed by atoms with E-state index in [1.807, 2.05) is 36.4 Å². The average molecular weight is 615 g/mol. The second-order valence-corrected chi connectivity index (χ2v) is 10.9. The van der Waals surface area contributed by atoms with Gasteiger partial charge in [0, 0.05) is 30.1 Å². The molecule has 0 aliphatic rings. The van der Waals surface area contributed by atoms with Crippen molar-refractivity contribution in [2.24, 2.45) is 10.7 Å². The van der Waals surface area contributed by atoms with Crippen LogP contribution in [-0.4, -0.2) is 29.4 Å². The number of aromatic nitrogens is 2. The van der Waals surface area contributed by atoms with Gasteiger partial charge in [0.05, 0.1) is 22.9 Å². The lowest BCUT2D eigenvalue weighted by Gasteiger charge is -2.12. The molecule has 8 nitrogen and oxygen atoms in total. The molecule has 0 bridgehead atoms. The normalized spacial score (nSPS) is 11.7. The minimum Gasteiger partial charge on any atom is -0.487 e. The van der Waals surface area contributed by atoms with Crippen molar-refractivity contribution in [3.05, 3.63) is 101 Å². The molecule has 44 heavy (non-hydrogen) atoms. The number of benzene rings is 3. The number of nitrogens with one attached hydrogen (secondary N) is 2. The van der Waals surface area contributed by atoms with Crippen LogP contribution in [0.1, 0.15) is 43.4 Å². The van der Waals surface area contributed by atoms with E-state index >= 15 is 0 Å². The molecular formula is C34H36ClFN6O2. The molecule has 0 aliphatic carbocycles. The van der Waals surface area contributed by atoms with Crippen LogP contribution >= 0.6 is 11.6 Å². The van der Waals surface area contributed by atoms with Crippen LogP contribution in [0.15, 0.2) is 88.5 Å². The standard InChI is InChI=1S/C34H36ClFN6O2/c1-38-33(37)6-4-2-3-5-17-39-20-27-13-16-31(44-27)24-9-14-30-28(18-24)34(41-22-40-30)42-26-12-15-32(29(35)19-26)43-21-23-7-10-25(36)11-8-23/h7-16,18-19,22,39H,2-6,17,20-21H2,1H3,(H2,37,38)(H,40,41,42). The number of hydrogen-bond acceptors (Lipinski definition) is 7. The van der Waals surface area contributed by atoms with E-state index in [4.69, 9.17) is 26.5 Å². The van der Waals surface area contributed by atoms with Gasteiger partial charge >= 0.3 is 0 Å². The predicted molar refractivity (Wildman–Crippen MR) is 175 cm³/mol. The lowest BCUT2D eigenvalue weighted by atomic mass is 10.1. The number of fused-ring (bicyclic) bond motifs is 1. The number of ether oxygens (including phenoxy) is 1. The van der Waals surface area contributed by atoms with E-state index < -0.39 is 0 Å². The molecule has 0 saturated carbocycles. The summed E-state index contributed by atoms with van der Waals surface area (Å²) in [7, 11) is 1.73. The van der Waals surface area contributed by atoms with Crippen LogP contribution in [0.2, 0.25) is 5.02 Å². The minimum absolute atomic E-state index is 0.280. The summed E-state index contributed by atoms with van der Waals surface area (Å²) in [5.74, 6) is 3.27. The molecule has 0 fully saturated rings. The summed E-state index contributed by atoms with van der Waals surface area (Å²) in [6.07, 6.45) is 6.89. The molecule has 2 aromatic heterocycles. The van der Waals surface area contributed by atoms with Crippen LogP contribution in [0.3, 0.4) is 0 Å². The maximum atomic E-state index is 13.2. The molecule has 0 saturated heterocycles. The predicted octanol–water partition coefficient (Wildman–Crippen LogP) is 8.03. The quantitative estimate of drug-likeness (QED) is 0.0622. The maximum Gasteiger partial charge on any atom is 0.141 e. The van der Waals surface area contributed by atoms with Gasteiger partial charge in [-0.05, 0) is 85.6 Å². The highest BCUT2D eigenvalue weighted by molar-refractivity contribution is 6.32. The van der Waals surface area contributed by atoms with E-state index in [0.717, 1.165) is 83.7 Å². The Hall–Kier alpha value is -4.47. The third-order valence-electron chi connectivity index (χ3n) is 7.21. The molecule has 0 aliphatic heterocycles. The fourth-order valence-corrected chi connectivity index (χ4v) is 4.98. The molecular weight excluding hydrogens is 579 g/mol. The number of aliphatic imine (C=N–C) groups is 1. The molecule has 0 spiro atoms. The molecule has 0 amide bonds. The van der Waals surface area contributed by atoms with Crippen molar-refractivity contribution in [2.75, 3.05) is 18.9 Å². The van der Waals surface area contributed by atoms with Gasteiger partial charge in [-0.1, -0.05) is 36.6 Å². The Balaban J connectivity index is 1.18. The first kappa shape index (κ1) is 31.0. The van der Waals surface area contributed by atoms with E-state index in [1.165, 1.54) is 18.5 Å². The third-order valence-corrected chi connectivity index (χ3v) is 7.50. The summed E-state index contributed by atoms with van der Waals surface area (Å²) in [6.45, 7) is 1.88.